The monoisotopic (exact) mass is 281 g/mol. The maximum atomic E-state index is 13.0. The van der Waals surface area contributed by atoms with E-state index in [9.17, 15) is 9.18 Å². The number of carbonyl (C=O) groups excluding carboxylic acids is 1. The Balaban J connectivity index is 2.16. The van der Waals surface area contributed by atoms with Gasteiger partial charge in [0.05, 0.1) is 5.02 Å². The van der Waals surface area contributed by atoms with Gasteiger partial charge in [-0.2, -0.15) is 5.10 Å². The second-order valence-electron chi connectivity index (χ2n) is 4.02. The largest absolute Gasteiger partial charge is 0.321 e. The standard InChI is InChI=1S/C13H13ClFN3O/c1-2-7-18-12(5-6-16-18)13(19)17-9-3-4-11(15)10(14)8-9/h3-6,8H,2,7H2,1H3,(H,17,19). The fourth-order valence-corrected chi connectivity index (χ4v) is 1.87. The molecule has 6 heteroatoms. The van der Waals surface area contributed by atoms with Crippen LogP contribution in [0, 0.1) is 5.82 Å². The topological polar surface area (TPSA) is 46.9 Å². The number of carbonyl (C=O) groups is 1. The highest BCUT2D eigenvalue weighted by molar-refractivity contribution is 6.31. The van der Waals surface area contributed by atoms with Crippen LogP contribution in [0.5, 0.6) is 0 Å². The van der Waals surface area contributed by atoms with Crippen molar-refractivity contribution in [3.05, 3.63) is 47.0 Å². The average molecular weight is 282 g/mol. The Morgan fingerprint density at radius 1 is 1.47 bits per heavy atom. The summed E-state index contributed by atoms with van der Waals surface area (Å²) < 4.78 is 14.6. The van der Waals surface area contributed by atoms with Crippen LogP contribution in [0.25, 0.3) is 0 Å². The van der Waals surface area contributed by atoms with Crippen molar-refractivity contribution in [2.75, 3.05) is 5.32 Å². The van der Waals surface area contributed by atoms with Gasteiger partial charge in [0, 0.05) is 18.4 Å². The molecule has 4 nitrogen and oxygen atoms in total. The van der Waals surface area contributed by atoms with Gasteiger partial charge in [0.2, 0.25) is 0 Å². The van der Waals surface area contributed by atoms with Crippen LogP contribution in [0.15, 0.2) is 30.5 Å². The lowest BCUT2D eigenvalue weighted by Crippen LogP contribution is -2.17. The summed E-state index contributed by atoms with van der Waals surface area (Å²) in [7, 11) is 0. The Kier molecular flexibility index (Phi) is 4.16. The van der Waals surface area contributed by atoms with Gasteiger partial charge in [-0.3, -0.25) is 9.48 Å². The minimum absolute atomic E-state index is 0.0279. The highest BCUT2D eigenvalue weighted by Crippen LogP contribution is 2.19. The minimum atomic E-state index is -0.518. The van der Waals surface area contributed by atoms with Crippen LogP contribution in [0.4, 0.5) is 10.1 Å². The van der Waals surface area contributed by atoms with Crippen molar-refractivity contribution < 1.29 is 9.18 Å². The number of halogens is 2. The molecule has 0 aliphatic rings. The van der Waals surface area contributed by atoms with E-state index in [1.54, 1.807) is 16.9 Å². The summed E-state index contributed by atoms with van der Waals surface area (Å²) in [5.41, 5.74) is 0.906. The normalized spacial score (nSPS) is 10.5. The smallest absolute Gasteiger partial charge is 0.273 e. The summed E-state index contributed by atoms with van der Waals surface area (Å²) in [6, 6.07) is 5.67. The third-order valence-corrected chi connectivity index (χ3v) is 2.85. The molecule has 1 aromatic carbocycles. The molecule has 2 rings (SSSR count). The Labute approximate surface area is 115 Å². The quantitative estimate of drug-likeness (QED) is 0.934. The average Bonchev–Trinajstić information content (AvgIpc) is 2.83. The number of nitrogens with one attached hydrogen (secondary N) is 1. The van der Waals surface area contributed by atoms with Crippen molar-refractivity contribution >= 4 is 23.2 Å². The number of benzene rings is 1. The van der Waals surface area contributed by atoms with Gasteiger partial charge in [-0.15, -0.1) is 0 Å². The predicted molar refractivity (Wildman–Crippen MR) is 71.9 cm³/mol. The van der Waals surface area contributed by atoms with Gasteiger partial charge in [-0.1, -0.05) is 18.5 Å². The van der Waals surface area contributed by atoms with Crippen molar-refractivity contribution in [1.82, 2.24) is 9.78 Å². The second-order valence-corrected chi connectivity index (χ2v) is 4.43. The molecule has 19 heavy (non-hydrogen) atoms. The van der Waals surface area contributed by atoms with Gasteiger partial charge in [-0.25, -0.2) is 4.39 Å². The zero-order chi connectivity index (χ0) is 13.8. The lowest BCUT2D eigenvalue weighted by molar-refractivity contribution is 0.101. The van der Waals surface area contributed by atoms with Crippen molar-refractivity contribution in [3.63, 3.8) is 0 Å². The van der Waals surface area contributed by atoms with Crippen LogP contribution in [0.1, 0.15) is 23.8 Å². The minimum Gasteiger partial charge on any atom is -0.321 e. The molecule has 0 radical (unpaired) electrons. The summed E-state index contributed by atoms with van der Waals surface area (Å²) in [5, 5.41) is 6.70. The Bertz CT molecular complexity index is 597. The molecule has 0 aliphatic carbocycles. The summed E-state index contributed by atoms with van der Waals surface area (Å²) in [6.07, 6.45) is 2.45. The number of nitrogens with zero attached hydrogens (tertiary/aromatic N) is 2. The van der Waals surface area contributed by atoms with Crippen molar-refractivity contribution in [2.45, 2.75) is 19.9 Å². The lowest BCUT2D eigenvalue weighted by atomic mass is 10.3. The Morgan fingerprint density at radius 3 is 2.95 bits per heavy atom. The molecule has 0 saturated carbocycles. The molecule has 0 bridgehead atoms. The summed E-state index contributed by atoms with van der Waals surface area (Å²) >= 11 is 5.66. The highest BCUT2D eigenvalue weighted by Gasteiger charge is 2.12. The van der Waals surface area contributed by atoms with Gasteiger partial charge in [0.1, 0.15) is 11.5 Å². The third-order valence-electron chi connectivity index (χ3n) is 2.56. The first-order valence-electron chi connectivity index (χ1n) is 5.90. The van der Waals surface area contributed by atoms with Gasteiger partial charge in [0.25, 0.3) is 5.91 Å². The number of hydrogen-bond donors (Lipinski definition) is 1. The van der Waals surface area contributed by atoms with Gasteiger partial charge in [-0.05, 0) is 30.7 Å². The molecular formula is C13H13ClFN3O. The van der Waals surface area contributed by atoms with Crippen LogP contribution < -0.4 is 5.32 Å². The van der Waals surface area contributed by atoms with E-state index in [4.69, 9.17) is 11.6 Å². The molecule has 0 aliphatic heterocycles. The molecule has 100 valence electrons. The molecule has 1 aromatic heterocycles. The molecule has 0 saturated heterocycles. The molecule has 0 spiro atoms. The van der Waals surface area contributed by atoms with Crippen LogP contribution in [-0.2, 0) is 6.54 Å². The van der Waals surface area contributed by atoms with Crippen LogP contribution in [0.3, 0.4) is 0 Å². The number of amides is 1. The molecule has 1 amide bonds. The van der Waals surface area contributed by atoms with Gasteiger partial charge in [0.15, 0.2) is 0 Å². The van der Waals surface area contributed by atoms with Crippen LogP contribution >= 0.6 is 11.6 Å². The van der Waals surface area contributed by atoms with E-state index in [2.05, 4.69) is 10.4 Å². The predicted octanol–water partition coefficient (Wildman–Crippen LogP) is 3.34. The molecule has 0 unspecified atom stereocenters. The van der Waals surface area contributed by atoms with Crippen LogP contribution in [-0.4, -0.2) is 15.7 Å². The first kappa shape index (κ1) is 13.5. The summed E-state index contributed by atoms with van der Waals surface area (Å²) in [6.45, 7) is 2.67. The van der Waals surface area contributed by atoms with Crippen molar-refractivity contribution in [3.8, 4) is 0 Å². The third kappa shape index (κ3) is 3.12. The number of rotatable bonds is 4. The summed E-state index contributed by atoms with van der Waals surface area (Å²) in [5.74, 6) is -0.815. The fraction of sp³-hybridized carbons (Fsp3) is 0.231. The van der Waals surface area contributed by atoms with E-state index < -0.39 is 5.82 Å². The first-order chi connectivity index (χ1) is 9.11. The highest BCUT2D eigenvalue weighted by atomic mass is 35.5. The maximum Gasteiger partial charge on any atom is 0.273 e. The van der Waals surface area contributed by atoms with E-state index in [0.717, 1.165) is 6.42 Å². The second kappa shape index (κ2) is 5.84. The van der Waals surface area contributed by atoms with E-state index >= 15 is 0 Å². The van der Waals surface area contributed by atoms with Crippen LogP contribution in [0.2, 0.25) is 5.02 Å². The van der Waals surface area contributed by atoms with E-state index in [1.165, 1.54) is 18.2 Å². The van der Waals surface area contributed by atoms with Gasteiger partial charge >= 0.3 is 0 Å². The van der Waals surface area contributed by atoms with Crippen molar-refractivity contribution in [2.24, 2.45) is 0 Å². The Morgan fingerprint density at radius 2 is 2.26 bits per heavy atom. The molecule has 1 heterocycles. The Hall–Kier alpha value is -1.88. The molecule has 1 N–H and O–H groups in total. The number of aromatic nitrogens is 2. The number of anilines is 1. The van der Waals surface area contributed by atoms with E-state index in [1.807, 2.05) is 6.92 Å². The zero-order valence-electron chi connectivity index (χ0n) is 10.4. The van der Waals surface area contributed by atoms with E-state index in [0.29, 0.717) is 17.9 Å². The first-order valence-corrected chi connectivity index (χ1v) is 6.28. The van der Waals surface area contributed by atoms with Crippen molar-refractivity contribution in [1.29, 1.82) is 0 Å². The molecule has 0 fully saturated rings. The SMILES string of the molecule is CCCn1nccc1C(=O)Nc1ccc(F)c(Cl)c1. The van der Waals surface area contributed by atoms with E-state index in [-0.39, 0.29) is 10.9 Å². The fourth-order valence-electron chi connectivity index (χ4n) is 1.68. The number of hydrogen-bond acceptors (Lipinski definition) is 2. The zero-order valence-corrected chi connectivity index (χ0v) is 11.1. The molecule has 0 atom stereocenters. The molecule has 2 aromatic rings. The van der Waals surface area contributed by atoms with Gasteiger partial charge < -0.3 is 5.32 Å². The maximum absolute atomic E-state index is 13.0. The summed E-state index contributed by atoms with van der Waals surface area (Å²) in [4.78, 5) is 12.1. The number of aryl methyl sites for hydroxylation is 1. The lowest BCUT2D eigenvalue weighted by Gasteiger charge is -2.08. The molecular weight excluding hydrogens is 269 g/mol.